The Morgan fingerprint density at radius 3 is 3.00 bits per heavy atom. The van der Waals surface area contributed by atoms with Gasteiger partial charge in [0.05, 0.1) is 0 Å². The van der Waals surface area contributed by atoms with E-state index in [4.69, 9.17) is 4.74 Å². The highest BCUT2D eigenvalue weighted by Gasteiger charge is 2.21. The molecule has 0 bridgehead atoms. The van der Waals surface area contributed by atoms with Crippen molar-refractivity contribution in [3.63, 3.8) is 0 Å². The summed E-state index contributed by atoms with van der Waals surface area (Å²) < 4.78 is 5.61. The highest BCUT2D eigenvalue weighted by molar-refractivity contribution is 5.77. The van der Waals surface area contributed by atoms with Crippen LogP contribution >= 0.6 is 0 Å². The fourth-order valence-corrected chi connectivity index (χ4v) is 2.95. The fraction of sp³-hybridized carbons (Fsp3) is 0.588. The van der Waals surface area contributed by atoms with Crippen LogP contribution in [0.3, 0.4) is 0 Å². The molecular formula is C17H26N2O2. The largest absolute Gasteiger partial charge is 0.484 e. The summed E-state index contributed by atoms with van der Waals surface area (Å²) in [5, 5.41) is 6.26. The molecule has 2 unspecified atom stereocenters. The summed E-state index contributed by atoms with van der Waals surface area (Å²) in [6, 6.07) is 6.79. The zero-order chi connectivity index (χ0) is 15.2. The molecule has 0 saturated heterocycles. The van der Waals surface area contributed by atoms with Crippen LogP contribution in [-0.2, 0) is 11.2 Å². The molecule has 0 radical (unpaired) electrons. The van der Waals surface area contributed by atoms with E-state index in [1.54, 1.807) is 0 Å². The first-order chi connectivity index (χ1) is 10.1. The molecule has 0 heterocycles. The maximum atomic E-state index is 11.8. The predicted molar refractivity (Wildman–Crippen MR) is 84.6 cm³/mol. The summed E-state index contributed by atoms with van der Waals surface area (Å²) in [4.78, 5) is 11.8. The van der Waals surface area contributed by atoms with Crippen molar-refractivity contribution in [1.29, 1.82) is 0 Å². The minimum atomic E-state index is -0.0513. The summed E-state index contributed by atoms with van der Waals surface area (Å²) in [6.07, 6.45) is 4.26. The van der Waals surface area contributed by atoms with Crippen molar-refractivity contribution < 1.29 is 9.53 Å². The number of hydrogen-bond acceptors (Lipinski definition) is 3. The summed E-state index contributed by atoms with van der Waals surface area (Å²) in [6.45, 7) is 4.22. The van der Waals surface area contributed by atoms with Crippen molar-refractivity contribution in [2.24, 2.45) is 0 Å². The molecule has 1 aromatic carbocycles. The van der Waals surface area contributed by atoms with Crippen LogP contribution in [0.4, 0.5) is 0 Å². The molecule has 4 nitrogen and oxygen atoms in total. The highest BCUT2D eigenvalue weighted by Crippen LogP contribution is 2.33. The van der Waals surface area contributed by atoms with Gasteiger partial charge in [-0.1, -0.05) is 19.4 Å². The number of carbonyl (C=O) groups excluding carboxylic acids is 1. The predicted octanol–water partition coefficient (Wildman–Crippen LogP) is 2.58. The first kappa shape index (κ1) is 15.8. The van der Waals surface area contributed by atoms with Gasteiger partial charge in [-0.15, -0.1) is 0 Å². The zero-order valence-electron chi connectivity index (χ0n) is 13.2. The Hall–Kier alpha value is -1.55. The minimum Gasteiger partial charge on any atom is -0.484 e. The summed E-state index contributed by atoms with van der Waals surface area (Å²) in [5.74, 6) is 0.730. The lowest BCUT2D eigenvalue weighted by molar-refractivity contribution is -0.123. The van der Waals surface area contributed by atoms with Crippen LogP contribution in [0.2, 0.25) is 0 Å². The van der Waals surface area contributed by atoms with Crippen LogP contribution in [0.1, 0.15) is 50.3 Å². The molecule has 0 fully saturated rings. The van der Waals surface area contributed by atoms with E-state index in [9.17, 15) is 4.79 Å². The molecule has 4 heteroatoms. The monoisotopic (exact) mass is 290 g/mol. The Morgan fingerprint density at radius 2 is 2.29 bits per heavy atom. The van der Waals surface area contributed by atoms with Crippen molar-refractivity contribution in [3.05, 3.63) is 29.3 Å². The number of fused-ring (bicyclic) bond motifs is 1. The number of nitrogens with one attached hydrogen (secondary N) is 2. The van der Waals surface area contributed by atoms with Crippen molar-refractivity contribution in [2.75, 3.05) is 13.7 Å². The van der Waals surface area contributed by atoms with Crippen LogP contribution < -0.4 is 15.4 Å². The van der Waals surface area contributed by atoms with Crippen molar-refractivity contribution in [1.82, 2.24) is 10.6 Å². The Labute approximate surface area is 127 Å². The lowest BCUT2D eigenvalue weighted by Gasteiger charge is -2.14. The van der Waals surface area contributed by atoms with Gasteiger partial charge in [0.1, 0.15) is 5.75 Å². The summed E-state index contributed by atoms with van der Waals surface area (Å²) in [5.41, 5.74) is 2.68. The number of ether oxygens (including phenoxy) is 1. The molecule has 2 rings (SSSR count). The van der Waals surface area contributed by atoms with Gasteiger partial charge in [0.25, 0.3) is 5.91 Å². The topological polar surface area (TPSA) is 50.4 Å². The smallest absolute Gasteiger partial charge is 0.258 e. The lowest BCUT2D eigenvalue weighted by Crippen LogP contribution is -2.35. The normalized spacial score (nSPS) is 18.1. The number of carbonyl (C=O) groups is 1. The number of benzene rings is 1. The molecule has 1 aliphatic carbocycles. The quantitative estimate of drug-likeness (QED) is 0.811. The molecular weight excluding hydrogens is 264 g/mol. The van der Waals surface area contributed by atoms with Gasteiger partial charge in [0, 0.05) is 12.1 Å². The fourth-order valence-electron chi connectivity index (χ4n) is 2.95. The van der Waals surface area contributed by atoms with E-state index in [-0.39, 0.29) is 18.6 Å². The van der Waals surface area contributed by atoms with Gasteiger partial charge in [-0.25, -0.2) is 0 Å². The van der Waals surface area contributed by atoms with E-state index in [1.165, 1.54) is 11.1 Å². The number of hydrogen-bond donors (Lipinski definition) is 2. The molecule has 1 aromatic rings. The van der Waals surface area contributed by atoms with E-state index in [2.05, 4.69) is 29.7 Å². The van der Waals surface area contributed by atoms with Crippen LogP contribution in [0, 0.1) is 0 Å². The first-order valence-electron chi connectivity index (χ1n) is 7.86. The molecule has 0 aromatic heterocycles. The molecule has 0 saturated carbocycles. The highest BCUT2D eigenvalue weighted by atomic mass is 16.5. The molecule has 0 spiro atoms. The van der Waals surface area contributed by atoms with Gasteiger partial charge in [0.2, 0.25) is 0 Å². The van der Waals surface area contributed by atoms with E-state index in [0.29, 0.717) is 6.04 Å². The second-order valence-corrected chi connectivity index (χ2v) is 5.79. The average molecular weight is 290 g/mol. The lowest BCUT2D eigenvalue weighted by atomic mass is 10.1. The van der Waals surface area contributed by atoms with E-state index in [1.807, 2.05) is 20.0 Å². The number of amides is 1. The molecule has 1 aliphatic rings. The second kappa shape index (κ2) is 7.46. The van der Waals surface area contributed by atoms with Crippen molar-refractivity contribution >= 4 is 5.91 Å². The summed E-state index contributed by atoms with van der Waals surface area (Å²) in [7, 11) is 1.99. The van der Waals surface area contributed by atoms with E-state index >= 15 is 0 Å². The number of rotatable bonds is 7. The van der Waals surface area contributed by atoms with E-state index in [0.717, 1.165) is 31.4 Å². The molecule has 0 aliphatic heterocycles. The van der Waals surface area contributed by atoms with Crippen molar-refractivity contribution in [3.8, 4) is 5.75 Å². The van der Waals surface area contributed by atoms with Crippen LogP contribution in [0.5, 0.6) is 5.75 Å². The zero-order valence-corrected chi connectivity index (χ0v) is 13.2. The Morgan fingerprint density at radius 1 is 1.48 bits per heavy atom. The Balaban J connectivity index is 1.86. The van der Waals surface area contributed by atoms with Gasteiger partial charge >= 0.3 is 0 Å². The van der Waals surface area contributed by atoms with Crippen molar-refractivity contribution in [2.45, 2.75) is 51.6 Å². The van der Waals surface area contributed by atoms with Gasteiger partial charge < -0.3 is 15.4 Å². The third kappa shape index (κ3) is 4.21. The third-order valence-electron chi connectivity index (χ3n) is 4.04. The molecule has 2 N–H and O–H groups in total. The maximum absolute atomic E-state index is 11.8. The van der Waals surface area contributed by atoms with Crippen LogP contribution in [0.25, 0.3) is 0 Å². The van der Waals surface area contributed by atoms with Gasteiger partial charge in [-0.3, -0.25) is 4.79 Å². The third-order valence-corrected chi connectivity index (χ3v) is 4.04. The minimum absolute atomic E-state index is 0.0513. The average Bonchev–Trinajstić information content (AvgIpc) is 2.87. The van der Waals surface area contributed by atoms with Crippen LogP contribution in [-0.4, -0.2) is 25.6 Å². The number of aryl methyl sites for hydroxylation is 1. The Kier molecular flexibility index (Phi) is 5.62. The second-order valence-electron chi connectivity index (χ2n) is 5.79. The molecule has 21 heavy (non-hydrogen) atoms. The molecule has 1 amide bonds. The molecule has 2 atom stereocenters. The SMILES string of the molecule is CCCC(C)NC(=O)COc1ccc2c(c1)CCC2NC. The van der Waals surface area contributed by atoms with Crippen LogP contribution in [0.15, 0.2) is 18.2 Å². The van der Waals surface area contributed by atoms with Gasteiger partial charge in [0.15, 0.2) is 6.61 Å². The standard InChI is InChI=1S/C17H26N2O2/c1-4-5-12(2)19-17(20)11-21-14-7-8-15-13(10-14)6-9-16(15)18-3/h7-8,10,12,16,18H,4-6,9,11H2,1-3H3,(H,19,20). The molecule has 116 valence electrons. The van der Waals surface area contributed by atoms with Gasteiger partial charge in [-0.2, -0.15) is 0 Å². The Bertz CT molecular complexity index is 488. The van der Waals surface area contributed by atoms with Gasteiger partial charge in [-0.05, 0) is 56.5 Å². The maximum Gasteiger partial charge on any atom is 0.258 e. The van der Waals surface area contributed by atoms with E-state index < -0.39 is 0 Å². The summed E-state index contributed by atoms with van der Waals surface area (Å²) >= 11 is 0. The first-order valence-corrected chi connectivity index (χ1v) is 7.86.